The lowest BCUT2D eigenvalue weighted by Crippen LogP contribution is -2.60. The van der Waals surface area contributed by atoms with Crippen LogP contribution in [0.2, 0.25) is 0 Å². The summed E-state index contributed by atoms with van der Waals surface area (Å²) >= 11 is 0. The summed E-state index contributed by atoms with van der Waals surface area (Å²) in [7, 11) is 1.61. The highest BCUT2D eigenvalue weighted by atomic mass is 16.6. The maximum absolute atomic E-state index is 10.2. The van der Waals surface area contributed by atoms with E-state index in [2.05, 4.69) is 10.0 Å². The second kappa shape index (κ2) is 13.8. The molecule has 5 atom stereocenters. The number of azide groups is 1. The van der Waals surface area contributed by atoms with E-state index in [-0.39, 0.29) is 26.4 Å². The van der Waals surface area contributed by atoms with Crippen molar-refractivity contribution < 1.29 is 28.8 Å². The summed E-state index contributed by atoms with van der Waals surface area (Å²) in [5, 5.41) is 14.0. The van der Waals surface area contributed by atoms with Crippen LogP contribution in [0.15, 0.2) is 90.0 Å². The Morgan fingerprint density at radius 3 is 1.78 bits per heavy atom. The molecule has 1 heterocycles. The number of ether oxygens (including phenoxy) is 5. The van der Waals surface area contributed by atoms with Gasteiger partial charge in [-0.3, -0.25) is 0 Å². The van der Waals surface area contributed by atoms with E-state index < -0.39 is 30.6 Å². The van der Waals surface area contributed by atoms with E-state index in [0.717, 1.165) is 22.4 Å². The molecule has 3 aromatic rings. The Kier molecular flexibility index (Phi) is 9.90. The molecule has 9 heteroatoms. The summed E-state index contributed by atoms with van der Waals surface area (Å²) in [6.07, 6.45) is -3.95. The third-order valence-electron chi connectivity index (χ3n) is 6.13. The van der Waals surface area contributed by atoms with E-state index in [1.807, 2.05) is 84.9 Å². The minimum Gasteiger partial charge on any atom is -0.497 e. The van der Waals surface area contributed by atoms with E-state index >= 15 is 0 Å². The standard InChI is InChI=1S/C28H31N3O6/c1-33-23-14-12-22(13-15-23)19-34-25-24(16-32)37-28(30-31-29)27(36-18-21-10-6-3-7-11-21)26(25)35-17-20-8-4-2-5-9-20/h2-15,24-28,32H,16-19H2,1H3/t24-,25-,26+,27-,28-/m1/s1. The fourth-order valence-electron chi connectivity index (χ4n) is 4.20. The molecule has 4 rings (SSSR count). The first kappa shape index (κ1) is 26.6. The summed E-state index contributed by atoms with van der Waals surface area (Å²) in [4.78, 5) is 2.95. The summed E-state index contributed by atoms with van der Waals surface area (Å²) < 4.78 is 30.1. The van der Waals surface area contributed by atoms with Crippen molar-refractivity contribution >= 4 is 0 Å². The van der Waals surface area contributed by atoms with Crippen LogP contribution in [0, 0.1) is 0 Å². The van der Waals surface area contributed by atoms with Crippen molar-refractivity contribution in [1.82, 2.24) is 0 Å². The molecule has 1 N–H and O–H groups in total. The third kappa shape index (κ3) is 7.30. The largest absolute Gasteiger partial charge is 0.497 e. The van der Waals surface area contributed by atoms with Crippen LogP contribution in [-0.4, -0.2) is 49.5 Å². The van der Waals surface area contributed by atoms with Crippen LogP contribution in [0.25, 0.3) is 10.4 Å². The van der Waals surface area contributed by atoms with E-state index in [9.17, 15) is 10.6 Å². The zero-order valence-corrected chi connectivity index (χ0v) is 20.6. The highest BCUT2D eigenvalue weighted by Gasteiger charge is 2.48. The number of benzene rings is 3. The monoisotopic (exact) mass is 505 g/mol. The van der Waals surface area contributed by atoms with Crippen molar-refractivity contribution in [2.75, 3.05) is 13.7 Å². The van der Waals surface area contributed by atoms with Gasteiger partial charge in [0.05, 0.1) is 33.5 Å². The Balaban J connectivity index is 1.59. The number of hydrogen-bond acceptors (Lipinski definition) is 7. The van der Waals surface area contributed by atoms with Gasteiger partial charge in [0, 0.05) is 4.91 Å². The van der Waals surface area contributed by atoms with Gasteiger partial charge in [-0.15, -0.1) is 0 Å². The highest BCUT2D eigenvalue weighted by Crippen LogP contribution is 2.31. The molecule has 0 radical (unpaired) electrons. The minimum atomic E-state index is -1.01. The normalized spacial score (nSPS) is 23.2. The lowest BCUT2D eigenvalue weighted by Gasteiger charge is -2.44. The fraction of sp³-hybridized carbons (Fsp3) is 0.357. The van der Waals surface area contributed by atoms with Crippen molar-refractivity contribution in [3.05, 3.63) is 112 Å². The van der Waals surface area contributed by atoms with Crippen molar-refractivity contribution in [3.63, 3.8) is 0 Å². The average molecular weight is 506 g/mol. The van der Waals surface area contributed by atoms with E-state index in [1.165, 1.54) is 0 Å². The van der Waals surface area contributed by atoms with Gasteiger partial charge >= 0.3 is 0 Å². The lowest BCUT2D eigenvalue weighted by atomic mass is 9.97. The average Bonchev–Trinajstić information content (AvgIpc) is 2.96. The third-order valence-corrected chi connectivity index (χ3v) is 6.13. The van der Waals surface area contributed by atoms with Gasteiger partial charge in [0.1, 0.15) is 30.2 Å². The summed E-state index contributed by atoms with van der Waals surface area (Å²) in [6.45, 7) is 0.436. The molecule has 1 saturated heterocycles. The van der Waals surface area contributed by atoms with Gasteiger partial charge in [0.15, 0.2) is 6.23 Å². The van der Waals surface area contributed by atoms with E-state index in [1.54, 1.807) is 7.11 Å². The predicted octanol–water partition coefficient (Wildman–Crippen LogP) is 4.78. The van der Waals surface area contributed by atoms with Gasteiger partial charge in [0.2, 0.25) is 0 Å². The van der Waals surface area contributed by atoms with E-state index in [0.29, 0.717) is 0 Å². The lowest BCUT2D eigenvalue weighted by molar-refractivity contribution is -0.268. The second-order valence-electron chi connectivity index (χ2n) is 8.60. The topological polar surface area (TPSA) is 115 Å². The number of methoxy groups -OCH3 is 1. The zero-order valence-electron chi connectivity index (χ0n) is 20.6. The quantitative estimate of drug-likeness (QED) is 0.215. The fourth-order valence-corrected chi connectivity index (χ4v) is 4.20. The van der Waals surface area contributed by atoms with Gasteiger partial charge in [0.25, 0.3) is 0 Å². The molecule has 1 aliphatic heterocycles. The molecule has 1 aliphatic rings. The van der Waals surface area contributed by atoms with Gasteiger partial charge in [-0.1, -0.05) is 77.9 Å². The number of aliphatic hydroxyl groups excluding tert-OH is 1. The SMILES string of the molecule is COc1ccc(CO[C@H]2[C@H](OCc3ccccc3)[C@@H](OCc3ccccc3)[C@H](N=[N+]=[N-])O[C@@H]2CO)cc1. The molecule has 9 nitrogen and oxygen atoms in total. The molecule has 0 amide bonds. The molecule has 194 valence electrons. The van der Waals surface area contributed by atoms with Gasteiger partial charge < -0.3 is 28.8 Å². The molecule has 0 saturated carbocycles. The number of rotatable bonds is 12. The van der Waals surface area contributed by atoms with Crippen molar-refractivity contribution in [3.8, 4) is 5.75 Å². The Morgan fingerprint density at radius 1 is 0.757 bits per heavy atom. The number of aliphatic hydroxyl groups is 1. The highest BCUT2D eigenvalue weighted by molar-refractivity contribution is 5.26. The molecule has 1 fully saturated rings. The van der Waals surface area contributed by atoms with Crippen molar-refractivity contribution in [2.45, 2.75) is 50.5 Å². The van der Waals surface area contributed by atoms with Gasteiger partial charge in [-0.25, -0.2) is 0 Å². The smallest absolute Gasteiger partial charge is 0.165 e. The molecule has 37 heavy (non-hydrogen) atoms. The molecule has 0 unspecified atom stereocenters. The van der Waals surface area contributed by atoms with Gasteiger partial charge in [-0.2, -0.15) is 0 Å². The van der Waals surface area contributed by atoms with Crippen LogP contribution in [0.5, 0.6) is 5.75 Å². The van der Waals surface area contributed by atoms with Crippen LogP contribution >= 0.6 is 0 Å². The van der Waals surface area contributed by atoms with Crippen LogP contribution in [0.4, 0.5) is 0 Å². The van der Waals surface area contributed by atoms with Crippen LogP contribution in [0.1, 0.15) is 16.7 Å². The molecule has 0 aliphatic carbocycles. The Hall–Kier alpha value is -3.43. The van der Waals surface area contributed by atoms with E-state index in [4.69, 9.17) is 23.7 Å². The molecular formula is C28H31N3O6. The minimum absolute atomic E-state index is 0.247. The second-order valence-corrected chi connectivity index (χ2v) is 8.60. The molecule has 0 spiro atoms. The predicted molar refractivity (Wildman–Crippen MR) is 137 cm³/mol. The first-order valence-electron chi connectivity index (χ1n) is 12.1. The van der Waals surface area contributed by atoms with Crippen molar-refractivity contribution in [2.24, 2.45) is 5.11 Å². The summed E-state index contributed by atoms with van der Waals surface area (Å²) in [5.41, 5.74) is 12.0. The molecule has 0 bridgehead atoms. The van der Waals surface area contributed by atoms with Crippen LogP contribution < -0.4 is 4.74 Å². The van der Waals surface area contributed by atoms with Crippen LogP contribution in [-0.2, 0) is 38.8 Å². The molecule has 0 aromatic heterocycles. The summed E-state index contributed by atoms with van der Waals surface area (Å²) in [5.74, 6) is 0.744. The van der Waals surface area contributed by atoms with Crippen LogP contribution in [0.3, 0.4) is 0 Å². The summed E-state index contributed by atoms with van der Waals surface area (Å²) in [6, 6.07) is 26.9. The number of nitrogens with zero attached hydrogens (tertiary/aromatic N) is 3. The van der Waals surface area contributed by atoms with Crippen molar-refractivity contribution in [1.29, 1.82) is 0 Å². The molecular weight excluding hydrogens is 474 g/mol. The maximum atomic E-state index is 10.2. The zero-order chi connectivity index (χ0) is 25.9. The molecule has 3 aromatic carbocycles. The Bertz CT molecular complexity index is 1130. The Labute approximate surface area is 216 Å². The maximum Gasteiger partial charge on any atom is 0.165 e. The Morgan fingerprint density at radius 2 is 1.27 bits per heavy atom. The first-order valence-corrected chi connectivity index (χ1v) is 12.1. The number of hydrogen-bond donors (Lipinski definition) is 1. The van der Waals surface area contributed by atoms with Gasteiger partial charge in [-0.05, 0) is 34.4 Å². The first-order chi connectivity index (χ1) is 18.2.